The first-order chi connectivity index (χ1) is 19.8. The fourth-order valence-electron chi connectivity index (χ4n) is 5.24. The molecule has 6 nitrogen and oxygen atoms in total. The van der Waals surface area contributed by atoms with Crippen molar-refractivity contribution < 1.29 is 17.3 Å². The quantitative estimate of drug-likeness (QED) is 0.116. The maximum Gasteiger partial charge on any atom is 0.265 e. The third kappa shape index (κ3) is 6.52. The van der Waals surface area contributed by atoms with Crippen LogP contribution < -0.4 is 0 Å². The van der Waals surface area contributed by atoms with E-state index in [1.165, 1.54) is 0 Å². The van der Waals surface area contributed by atoms with E-state index in [4.69, 9.17) is 13.9 Å². The van der Waals surface area contributed by atoms with Crippen molar-refractivity contribution in [1.82, 2.24) is 9.55 Å². The van der Waals surface area contributed by atoms with Gasteiger partial charge in [0.15, 0.2) is 0 Å². The molecule has 41 heavy (non-hydrogen) atoms. The summed E-state index contributed by atoms with van der Waals surface area (Å²) in [6, 6.07) is 38.5. The Labute approximate surface area is 249 Å². The molecule has 4 aromatic carbocycles. The Hall–Kier alpha value is -3.56. The summed E-state index contributed by atoms with van der Waals surface area (Å²) < 4.78 is 38.4. The molecule has 0 saturated heterocycles. The summed E-state index contributed by atoms with van der Waals surface area (Å²) in [6.45, 7) is 2.22. The van der Waals surface area contributed by atoms with Gasteiger partial charge in [0.2, 0.25) is 0 Å². The van der Waals surface area contributed by atoms with E-state index >= 15 is 0 Å². The number of imidazole rings is 1. The summed E-state index contributed by atoms with van der Waals surface area (Å²) in [5, 5.41) is 0. The van der Waals surface area contributed by atoms with Gasteiger partial charge in [-0.25, -0.2) is 4.98 Å². The van der Waals surface area contributed by atoms with Crippen molar-refractivity contribution in [3.8, 4) is 0 Å². The molecule has 0 aliphatic rings. The van der Waals surface area contributed by atoms with Crippen molar-refractivity contribution in [1.29, 1.82) is 0 Å². The Bertz CT molecular complexity index is 1580. The van der Waals surface area contributed by atoms with Gasteiger partial charge in [0.05, 0.1) is 25.2 Å². The molecule has 5 rings (SSSR count). The standard InChI is InChI=1S/C33H31BrN2O4S/c1-25-35-31(23-39-24-32(40-41(2,37)38)26-18-20-30(34)21-19-26)22-36(25)33(27-12-6-3-7-13-27,28-14-8-4-9-15-28)29-16-10-5-11-17-29/h3-22,32H,23-24H2,1-2H3/t32-/m0/s1. The van der Waals surface area contributed by atoms with Gasteiger partial charge < -0.3 is 9.30 Å². The van der Waals surface area contributed by atoms with E-state index in [0.717, 1.165) is 38.9 Å². The van der Waals surface area contributed by atoms with Crippen LogP contribution in [0.25, 0.3) is 0 Å². The van der Waals surface area contributed by atoms with E-state index in [2.05, 4.69) is 93.3 Å². The maximum absolute atomic E-state index is 12.0. The minimum Gasteiger partial charge on any atom is -0.372 e. The largest absolute Gasteiger partial charge is 0.372 e. The molecule has 0 N–H and O–H groups in total. The van der Waals surface area contributed by atoms with Gasteiger partial charge in [-0.2, -0.15) is 8.42 Å². The molecule has 0 saturated carbocycles. The molecule has 5 aromatic rings. The monoisotopic (exact) mass is 630 g/mol. The molecule has 0 unspecified atom stereocenters. The van der Waals surface area contributed by atoms with E-state index in [1.54, 1.807) is 0 Å². The summed E-state index contributed by atoms with van der Waals surface area (Å²) >= 11 is 3.41. The molecule has 1 heterocycles. The Kier molecular flexibility index (Phi) is 8.85. The first-order valence-corrected chi connectivity index (χ1v) is 15.8. The average Bonchev–Trinajstić information content (AvgIpc) is 3.35. The smallest absolute Gasteiger partial charge is 0.265 e. The van der Waals surface area contributed by atoms with Crippen LogP contribution in [0.4, 0.5) is 0 Å². The summed E-state index contributed by atoms with van der Waals surface area (Å²) in [7, 11) is -3.70. The second-order valence-corrected chi connectivity index (χ2v) is 12.3. The molecule has 0 aliphatic heterocycles. The van der Waals surface area contributed by atoms with Crippen LogP contribution in [-0.4, -0.2) is 30.8 Å². The lowest BCUT2D eigenvalue weighted by molar-refractivity contribution is 0.0426. The first-order valence-electron chi connectivity index (χ1n) is 13.2. The molecule has 0 amide bonds. The van der Waals surface area contributed by atoms with Gasteiger partial charge in [-0.15, -0.1) is 0 Å². The summed E-state index contributed by atoms with van der Waals surface area (Å²) in [4.78, 5) is 4.88. The minimum atomic E-state index is -3.70. The van der Waals surface area contributed by atoms with Gasteiger partial charge in [0, 0.05) is 10.7 Å². The highest BCUT2D eigenvalue weighted by Crippen LogP contribution is 2.41. The number of aromatic nitrogens is 2. The number of hydrogen-bond donors (Lipinski definition) is 0. The van der Waals surface area contributed by atoms with Crippen molar-refractivity contribution in [3.63, 3.8) is 0 Å². The number of nitrogens with zero attached hydrogens (tertiary/aromatic N) is 2. The van der Waals surface area contributed by atoms with Crippen molar-refractivity contribution in [2.75, 3.05) is 12.9 Å². The van der Waals surface area contributed by atoms with Crippen molar-refractivity contribution in [2.24, 2.45) is 0 Å². The zero-order valence-electron chi connectivity index (χ0n) is 22.9. The second kappa shape index (κ2) is 12.5. The predicted molar refractivity (Wildman–Crippen MR) is 164 cm³/mol. The molecule has 210 valence electrons. The molecule has 1 atom stereocenters. The van der Waals surface area contributed by atoms with Crippen LogP contribution in [0.5, 0.6) is 0 Å². The van der Waals surface area contributed by atoms with Crippen LogP contribution in [0, 0.1) is 6.92 Å². The van der Waals surface area contributed by atoms with E-state index in [-0.39, 0.29) is 13.2 Å². The molecule has 8 heteroatoms. The fraction of sp³-hybridized carbons (Fsp3) is 0.182. The predicted octanol–water partition coefficient (Wildman–Crippen LogP) is 7.03. The van der Waals surface area contributed by atoms with Gasteiger partial charge >= 0.3 is 0 Å². The Balaban J connectivity index is 1.51. The Morgan fingerprint density at radius 3 is 1.76 bits per heavy atom. The zero-order chi connectivity index (χ0) is 28.9. The highest BCUT2D eigenvalue weighted by atomic mass is 79.9. The van der Waals surface area contributed by atoms with Crippen LogP contribution in [0.1, 0.15) is 39.9 Å². The minimum absolute atomic E-state index is 0.0435. The number of aryl methyl sites for hydroxylation is 1. The number of halogens is 1. The van der Waals surface area contributed by atoms with Crippen molar-refractivity contribution >= 4 is 26.0 Å². The van der Waals surface area contributed by atoms with E-state index < -0.39 is 21.8 Å². The van der Waals surface area contributed by atoms with E-state index in [9.17, 15) is 8.42 Å². The van der Waals surface area contributed by atoms with Crippen LogP contribution >= 0.6 is 15.9 Å². The normalized spacial score (nSPS) is 12.8. The number of hydrogen-bond acceptors (Lipinski definition) is 5. The number of rotatable bonds is 11. The molecule has 0 fully saturated rings. The Morgan fingerprint density at radius 2 is 1.29 bits per heavy atom. The maximum atomic E-state index is 12.0. The van der Waals surface area contributed by atoms with Gasteiger partial charge in [0.1, 0.15) is 17.5 Å². The van der Waals surface area contributed by atoms with Gasteiger partial charge in [-0.3, -0.25) is 4.18 Å². The molecule has 1 aromatic heterocycles. The lowest BCUT2D eigenvalue weighted by Gasteiger charge is -2.38. The lowest BCUT2D eigenvalue weighted by Crippen LogP contribution is -2.38. The van der Waals surface area contributed by atoms with Crippen LogP contribution in [0.2, 0.25) is 0 Å². The average molecular weight is 632 g/mol. The highest BCUT2D eigenvalue weighted by Gasteiger charge is 2.39. The Morgan fingerprint density at radius 1 is 0.805 bits per heavy atom. The molecule has 0 bridgehead atoms. The second-order valence-electron chi connectivity index (χ2n) is 9.81. The molecular weight excluding hydrogens is 600 g/mol. The van der Waals surface area contributed by atoms with Gasteiger partial charge in [0.25, 0.3) is 10.1 Å². The van der Waals surface area contributed by atoms with E-state index in [0.29, 0.717) is 5.56 Å². The first kappa shape index (κ1) is 29.0. The fourth-order valence-corrected chi connectivity index (χ4v) is 6.09. The molecule has 0 radical (unpaired) electrons. The highest BCUT2D eigenvalue weighted by molar-refractivity contribution is 9.10. The zero-order valence-corrected chi connectivity index (χ0v) is 25.3. The summed E-state index contributed by atoms with van der Waals surface area (Å²) in [5.74, 6) is 0.817. The van der Waals surface area contributed by atoms with Crippen LogP contribution in [0.3, 0.4) is 0 Å². The van der Waals surface area contributed by atoms with Crippen LogP contribution in [0.15, 0.2) is 126 Å². The third-order valence-electron chi connectivity index (χ3n) is 6.92. The molecule has 0 aliphatic carbocycles. The van der Waals surface area contributed by atoms with Crippen molar-refractivity contribution in [2.45, 2.75) is 25.2 Å². The van der Waals surface area contributed by atoms with Gasteiger partial charge in [-0.1, -0.05) is 119 Å². The van der Waals surface area contributed by atoms with E-state index in [1.807, 2.05) is 55.6 Å². The summed E-state index contributed by atoms with van der Waals surface area (Å²) in [6.07, 6.45) is 2.28. The number of benzene rings is 4. The van der Waals surface area contributed by atoms with Crippen LogP contribution in [-0.2, 0) is 31.2 Å². The lowest BCUT2D eigenvalue weighted by atomic mass is 9.76. The van der Waals surface area contributed by atoms with Gasteiger partial charge in [-0.05, 0) is 41.3 Å². The number of ether oxygens (including phenoxy) is 1. The SMILES string of the molecule is Cc1nc(COC[C@H](OS(C)(=O)=O)c2ccc(Br)cc2)cn1C(c1ccccc1)(c1ccccc1)c1ccccc1. The van der Waals surface area contributed by atoms with Crippen molar-refractivity contribution in [3.05, 3.63) is 160 Å². The summed E-state index contributed by atoms with van der Waals surface area (Å²) in [5.41, 5.74) is 4.05. The molecular formula is C33H31BrN2O4S. The third-order valence-corrected chi connectivity index (χ3v) is 8.03. The molecule has 0 spiro atoms. The topological polar surface area (TPSA) is 70.4 Å².